The second-order valence-corrected chi connectivity index (χ2v) is 6.52. The van der Waals surface area contributed by atoms with Gasteiger partial charge in [-0.2, -0.15) is 0 Å². The number of rotatable bonds is 5. The Bertz CT molecular complexity index is 429. The molecule has 0 saturated carbocycles. The Morgan fingerprint density at radius 2 is 2.20 bits per heavy atom. The van der Waals surface area contributed by atoms with Crippen LogP contribution in [-0.2, 0) is 6.42 Å². The fraction of sp³-hybridized carbons (Fsp3) is 0.647. The lowest BCUT2D eigenvalue weighted by Crippen LogP contribution is -2.40. The zero-order valence-electron chi connectivity index (χ0n) is 12.7. The summed E-state index contributed by atoms with van der Waals surface area (Å²) in [5.74, 6) is 0. The third-order valence-corrected chi connectivity index (χ3v) is 4.38. The van der Waals surface area contributed by atoms with Crippen LogP contribution in [0.1, 0.15) is 51.5 Å². The minimum absolute atomic E-state index is 0.168. The molecule has 1 aromatic carbocycles. The molecule has 1 aromatic rings. The van der Waals surface area contributed by atoms with Gasteiger partial charge in [0, 0.05) is 29.3 Å². The molecule has 2 rings (SSSR count). The zero-order chi connectivity index (χ0) is 14.5. The predicted octanol–water partition coefficient (Wildman–Crippen LogP) is 4.39. The third kappa shape index (κ3) is 3.89. The molecule has 0 spiro atoms. The standard InChI is InChI=1S/C17H27ClN2/c1-3-6-16-7-4-5-10-20(16)17-9-8-15(18)12-14(17)11-13(2)19/h8-9,12-13,16H,3-7,10-11,19H2,1-2H3. The lowest BCUT2D eigenvalue weighted by atomic mass is 9.95. The first kappa shape index (κ1) is 15.7. The Morgan fingerprint density at radius 3 is 2.90 bits per heavy atom. The number of halogens is 1. The summed E-state index contributed by atoms with van der Waals surface area (Å²) >= 11 is 6.18. The van der Waals surface area contributed by atoms with Gasteiger partial charge < -0.3 is 10.6 Å². The summed E-state index contributed by atoms with van der Waals surface area (Å²) in [6, 6.07) is 7.15. The zero-order valence-corrected chi connectivity index (χ0v) is 13.5. The monoisotopic (exact) mass is 294 g/mol. The van der Waals surface area contributed by atoms with Crippen molar-refractivity contribution in [1.29, 1.82) is 0 Å². The SMILES string of the molecule is CCCC1CCCCN1c1ccc(Cl)cc1CC(C)N. The highest BCUT2D eigenvalue weighted by molar-refractivity contribution is 6.30. The molecule has 1 fully saturated rings. The highest BCUT2D eigenvalue weighted by Crippen LogP contribution is 2.32. The van der Waals surface area contributed by atoms with Gasteiger partial charge in [-0.1, -0.05) is 24.9 Å². The minimum atomic E-state index is 0.168. The van der Waals surface area contributed by atoms with Gasteiger partial charge in [0.1, 0.15) is 0 Å². The van der Waals surface area contributed by atoms with E-state index in [9.17, 15) is 0 Å². The number of benzene rings is 1. The average molecular weight is 295 g/mol. The van der Waals surface area contributed by atoms with E-state index in [-0.39, 0.29) is 6.04 Å². The van der Waals surface area contributed by atoms with Gasteiger partial charge in [0.05, 0.1) is 0 Å². The molecule has 1 aliphatic heterocycles. The van der Waals surface area contributed by atoms with E-state index in [1.54, 1.807) is 0 Å². The van der Waals surface area contributed by atoms with Gasteiger partial charge in [-0.3, -0.25) is 0 Å². The van der Waals surface area contributed by atoms with Gasteiger partial charge >= 0.3 is 0 Å². The number of hydrogen-bond donors (Lipinski definition) is 1. The molecule has 0 bridgehead atoms. The van der Waals surface area contributed by atoms with Crippen molar-refractivity contribution in [3.8, 4) is 0 Å². The second kappa shape index (κ2) is 7.33. The van der Waals surface area contributed by atoms with E-state index in [0.29, 0.717) is 6.04 Å². The highest BCUT2D eigenvalue weighted by Gasteiger charge is 2.23. The normalized spacial score (nSPS) is 21.0. The van der Waals surface area contributed by atoms with Crippen LogP contribution in [0.4, 0.5) is 5.69 Å². The summed E-state index contributed by atoms with van der Waals surface area (Å²) in [6.07, 6.45) is 7.38. The first-order chi connectivity index (χ1) is 9.61. The summed E-state index contributed by atoms with van der Waals surface area (Å²) in [6.45, 7) is 5.50. The lowest BCUT2D eigenvalue weighted by Gasteiger charge is -2.39. The maximum atomic E-state index is 6.18. The van der Waals surface area contributed by atoms with Crippen LogP contribution in [0.15, 0.2) is 18.2 Å². The van der Waals surface area contributed by atoms with E-state index in [4.69, 9.17) is 17.3 Å². The summed E-state index contributed by atoms with van der Waals surface area (Å²) < 4.78 is 0. The van der Waals surface area contributed by atoms with Gasteiger partial charge in [-0.25, -0.2) is 0 Å². The molecule has 1 saturated heterocycles. The summed E-state index contributed by atoms with van der Waals surface area (Å²) in [5.41, 5.74) is 8.66. The topological polar surface area (TPSA) is 29.3 Å². The van der Waals surface area contributed by atoms with Crippen LogP contribution in [0.3, 0.4) is 0 Å². The van der Waals surface area contributed by atoms with E-state index in [1.807, 2.05) is 6.07 Å². The maximum absolute atomic E-state index is 6.18. The second-order valence-electron chi connectivity index (χ2n) is 6.09. The van der Waals surface area contributed by atoms with Gasteiger partial charge in [0.15, 0.2) is 0 Å². The fourth-order valence-corrected chi connectivity index (χ4v) is 3.49. The molecule has 20 heavy (non-hydrogen) atoms. The van der Waals surface area contributed by atoms with E-state index in [0.717, 1.165) is 18.0 Å². The lowest BCUT2D eigenvalue weighted by molar-refractivity contribution is 0.433. The molecule has 0 aliphatic carbocycles. The molecule has 1 aliphatic rings. The van der Waals surface area contributed by atoms with E-state index in [1.165, 1.54) is 43.4 Å². The fourth-order valence-electron chi connectivity index (χ4n) is 3.30. The molecule has 0 aromatic heterocycles. The summed E-state index contributed by atoms with van der Waals surface area (Å²) in [5, 5.41) is 0.813. The Labute approximate surface area is 128 Å². The Hall–Kier alpha value is -0.730. The van der Waals surface area contributed by atoms with Crippen molar-refractivity contribution in [2.45, 2.75) is 64.5 Å². The molecule has 1 heterocycles. The van der Waals surface area contributed by atoms with Crippen LogP contribution in [0.5, 0.6) is 0 Å². The Kier molecular flexibility index (Phi) is 5.74. The van der Waals surface area contributed by atoms with Crippen LogP contribution in [0.25, 0.3) is 0 Å². The van der Waals surface area contributed by atoms with Crippen LogP contribution in [0, 0.1) is 0 Å². The van der Waals surface area contributed by atoms with Crippen molar-refractivity contribution in [2.24, 2.45) is 5.73 Å². The number of nitrogens with two attached hydrogens (primary N) is 1. The number of anilines is 1. The largest absolute Gasteiger partial charge is 0.368 e. The predicted molar refractivity (Wildman–Crippen MR) is 88.7 cm³/mol. The van der Waals surface area contributed by atoms with E-state index in [2.05, 4.69) is 30.9 Å². The van der Waals surface area contributed by atoms with Gasteiger partial charge in [0.2, 0.25) is 0 Å². The first-order valence-corrected chi connectivity index (χ1v) is 8.30. The minimum Gasteiger partial charge on any atom is -0.368 e. The van der Waals surface area contributed by atoms with E-state index < -0.39 is 0 Å². The molecule has 0 radical (unpaired) electrons. The maximum Gasteiger partial charge on any atom is 0.0410 e. The van der Waals surface area contributed by atoms with Gasteiger partial charge in [0.25, 0.3) is 0 Å². The quantitative estimate of drug-likeness (QED) is 0.873. The van der Waals surface area contributed by atoms with Crippen molar-refractivity contribution >= 4 is 17.3 Å². The molecule has 112 valence electrons. The number of nitrogens with zero attached hydrogens (tertiary/aromatic N) is 1. The van der Waals surface area contributed by atoms with Crippen LogP contribution in [0.2, 0.25) is 5.02 Å². The number of hydrogen-bond acceptors (Lipinski definition) is 2. The van der Waals surface area contributed by atoms with Gasteiger partial charge in [-0.05, 0) is 62.8 Å². The molecule has 2 atom stereocenters. The highest BCUT2D eigenvalue weighted by atomic mass is 35.5. The van der Waals surface area contributed by atoms with Crippen LogP contribution >= 0.6 is 11.6 Å². The molecular formula is C17H27ClN2. The van der Waals surface area contributed by atoms with Crippen LogP contribution in [-0.4, -0.2) is 18.6 Å². The molecular weight excluding hydrogens is 268 g/mol. The third-order valence-electron chi connectivity index (χ3n) is 4.14. The van der Waals surface area contributed by atoms with Crippen molar-refractivity contribution in [1.82, 2.24) is 0 Å². The molecule has 0 amide bonds. The van der Waals surface area contributed by atoms with E-state index >= 15 is 0 Å². The summed E-state index contributed by atoms with van der Waals surface area (Å²) in [7, 11) is 0. The van der Waals surface area contributed by atoms with Crippen molar-refractivity contribution in [3.63, 3.8) is 0 Å². The smallest absolute Gasteiger partial charge is 0.0410 e. The molecule has 2 nitrogen and oxygen atoms in total. The van der Waals surface area contributed by atoms with Gasteiger partial charge in [-0.15, -0.1) is 0 Å². The molecule has 2 N–H and O–H groups in total. The number of piperidine rings is 1. The first-order valence-electron chi connectivity index (χ1n) is 7.92. The van der Waals surface area contributed by atoms with Crippen molar-refractivity contribution < 1.29 is 0 Å². The molecule has 2 unspecified atom stereocenters. The van der Waals surface area contributed by atoms with Crippen molar-refractivity contribution in [2.75, 3.05) is 11.4 Å². The summed E-state index contributed by atoms with van der Waals surface area (Å²) in [4.78, 5) is 2.60. The average Bonchev–Trinajstić information content (AvgIpc) is 2.40. The van der Waals surface area contributed by atoms with Crippen molar-refractivity contribution in [3.05, 3.63) is 28.8 Å². The Morgan fingerprint density at radius 1 is 1.40 bits per heavy atom. The van der Waals surface area contributed by atoms with Crippen LogP contribution < -0.4 is 10.6 Å². The Balaban J connectivity index is 2.28. The molecule has 3 heteroatoms.